The summed E-state index contributed by atoms with van der Waals surface area (Å²) in [7, 11) is 0. The molecule has 0 spiro atoms. The molecule has 1 heterocycles. The summed E-state index contributed by atoms with van der Waals surface area (Å²) in [5, 5.41) is 0. The van der Waals surface area contributed by atoms with Gasteiger partial charge in [-0.25, -0.2) is 5.43 Å². The van der Waals surface area contributed by atoms with Gasteiger partial charge in [-0.3, -0.25) is 5.84 Å². The summed E-state index contributed by atoms with van der Waals surface area (Å²) in [6.45, 7) is 5.25. The van der Waals surface area contributed by atoms with Crippen LogP contribution in [0.4, 0.5) is 0 Å². The molecule has 17 heavy (non-hydrogen) atoms. The third-order valence-corrected chi connectivity index (χ3v) is 2.61. The Morgan fingerprint density at radius 2 is 2.12 bits per heavy atom. The lowest BCUT2D eigenvalue weighted by molar-refractivity contribution is 0.169. The number of benzene rings is 1. The molecule has 4 nitrogen and oxygen atoms in total. The zero-order valence-electron chi connectivity index (χ0n) is 10.2. The lowest BCUT2D eigenvalue weighted by Crippen LogP contribution is -2.28. The van der Waals surface area contributed by atoms with Crippen LogP contribution in [0.25, 0.3) is 0 Å². The summed E-state index contributed by atoms with van der Waals surface area (Å²) in [4.78, 5) is 0. The fraction of sp³-hybridized carbons (Fsp3) is 0.385. The van der Waals surface area contributed by atoms with Gasteiger partial charge < -0.3 is 9.47 Å². The number of allylic oxidation sites excluding steroid dienone is 1. The summed E-state index contributed by atoms with van der Waals surface area (Å²) in [5.74, 6) is 7.17. The average molecular weight is 234 g/mol. The molecule has 0 fully saturated rings. The number of hydrogen-bond acceptors (Lipinski definition) is 4. The number of para-hydroxylation sites is 1. The number of ether oxygens (including phenoxy) is 2. The van der Waals surface area contributed by atoms with Gasteiger partial charge in [0, 0.05) is 5.56 Å². The largest absolute Gasteiger partial charge is 0.486 e. The Bertz CT molecular complexity index is 425. The molecule has 1 aromatic rings. The molecule has 1 aliphatic heterocycles. The summed E-state index contributed by atoms with van der Waals surface area (Å²) >= 11 is 0. The number of rotatable bonds is 3. The predicted octanol–water partition coefficient (Wildman–Crippen LogP) is 1.93. The lowest BCUT2D eigenvalue weighted by atomic mass is 10.0. The van der Waals surface area contributed by atoms with Crippen LogP contribution in [-0.4, -0.2) is 13.2 Å². The second-order valence-electron chi connectivity index (χ2n) is 4.26. The van der Waals surface area contributed by atoms with E-state index in [4.69, 9.17) is 15.3 Å². The maximum absolute atomic E-state index is 5.67. The second kappa shape index (κ2) is 5.21. The van der Waals surface area contributed by atoms with Gasteiger partial charge in [0.25, 0.3) is 0 Å². The zero-order chi connectivity index (χ0) is 12.3. The molecule has 0 bridgehead atoms. The van der Waals surface area contributed by atoms with Crippen LogP contribution >= 0.6 is 0 Å². The Labute approximate surface area is 101 Å². The van der Waals surface area contributed by atoms with E-state index in [1.54, 1.807) is 0 Å². The van der Waals surface area contributed by atoms with E-state index in [9.17, 15) is 0 Å². The van der Waals surface area contributed by atoms with Gasteiger partial charge in [0.2, 0.25) is 0 Å². The first-order valence-corrected chi connectivity index (χ1v) is 5.72. The van der Waals surface area contributed by atoms with Crippen LogP contribution in [0.1, 0.15) is 25.5 Å². The van der Waals surface area contributed by atoms with Crippen molar-refractivity contribution in [3.63, 3.8) is 0 Å². The Hall–Kier alpha value is -1.52. The maximum Gasteiger partial charge on any atom is 0.166 e. The second-order valence-corrected chi connectivity index (χ2v) is 4.26. The molecule has 1 aliphatic rings. The van der Waals surface area contributed by atoms with Crippen molar-refractivity contribution in [3.8, 4) is 11.5 Å². The molecule has 0 radical (unpaired) electrons. The monoisotopic (exact) mass is 234 g/mol. The van der Waals surface area contributed by atoms with Gasteiger partial charge in [-0.05, 0) is 19.9 Å². The van der Waals surface area contributed by atoms with Crippen molar-refractivity contribution in [2.75, 3.05) is 13.2 Å². The average Bonchev–Trinajstić information content (AvgIpc) is 2.35. The van der Waals surface area contributed by atoms with Gasteiger partial charge in [-0.15, -0.1) is 0 Å². The van der Waals surface area contributed by atoms with E-state index in [1.807, 2.05) is 32.0 Å². The van der Waals surface area contributed by atoms with Crippen LogP contribution in [-0.2, 0) is 0 Å². The molecular weight excluding hydrogens is 216 g/mol. The van der Waals surface area contributed by atoms with Crippen LogP contribution < -0.4 is 20.7 Å². The van der Waals surface area contributed by atoms with E-state index in [0.29, 0.717) is 13.2 Å². The molecule has 92 valence electrons. The smallest absolute Gasteiger partial charge is 0.166 e. The number of nitrogens with two attached hydrogens (primary N) is 1. The number of hydrogen-bond donors (Lipinski definition) is 2. The third-order valence-electron chi connectivity index (χ3n) is 2.61. The van der Waals surface area contributed by atoms with Crippen molar-refractivity contribution in [2.45, 2.75) is 19.9 Å². The van der Waals surface area contributed by atoms with Crippen molar-refractivity contribution in [2.24, 2.45) is 5.84 Å². The Kier molecular flexibility index (Phi) is 3.66. The molecule has 0 amide bonds. The Morgan fingerprint density at radius 1 is 1.35 bits per heavy atom. The molecule has 1 aromatic carbocycles. The zero-order valence-corrected chi connectivity index (χ0v) is 10.2. The highest BCUT2D eigenvalue weighted by Gasteiger charge is 2.19. The molecule has 1 unspecified atom stereocenters. The minimum Gasteiger partial charge on any atom is -0.486 e. The SMILES string of the molecule is CC(C)=CC(NN)c1cccc2c1OCCO2. The van der Waals surface area contributed by atoms with Crippen molar-refractivity contribution in [1.29, 1.82) is 0 Å². The van der Waals surface area contributed by atoms with Gasteiger partial charge in [0.05, 0.1) is 6.04 Å². The third kappa shape index (κ3) is 2.60. The van der Waals surface area contributed by atoms with Gasteiger partial charge in [-0.2, -0.15) is 0 Å². The van der Waals surface area contributed by atoms with Gasteiger partial charge in [0.1, 0.15) is 13.2 Å². The van der Waals surface area contributed by atoms with Crippen molar-refractivity contribution in [1.82, 2.24) is 5.43 Å². The molecule has 0 saturated heterocycles. The summed E-state index contributed by atoms with van der Waals surface area (Å²) in [6, 6.07) is 5.80. The summed E-state index contributed by atoms with van der Waals surface area (Å²) < 4.78 is 11.2. The van der Waals surface area contributed by atoms with E-state index >= 15 is 0 Å². The highest BCUT2D eigenvalue weighted by Crippen LogP contribution is 2.37. The van der Waals surface area contributed by atoms with Crippen LogP contribution in [0.2, 0.25) is 0 Å². The first-order valence-electron chi connectivity index (χ1n) is 5.72. The van der Waals surface area contributed by atoms with E-state index in [2.05, 4.69) is 11.5 Å². The standard InChI is InChI=1S/C13H18N2O2/c1-9(2)8-11(15-14)10-4-3-5-12-13(10)17-7-6-16-12/h3-5,8,11,15H,6-7,14H2,1-2H3. The number of nitrogens with one attached hydrogen (secondary N) is 1. The molecule has 3 N–H and O–H groups in total. The summed E-state index contributed by atoms with van der Waals surface area (Å²) in [5.41, 5.74) is 4.99. The fourth-order valence-electron chi connectivity index (χ4n) is 1.90. The predicted molar refractivity (Wildman–Crippen MR) is 66.9 cm³/mol. The highest BCUT2D eigenvalue weighted by molar-refractivity contribution is 5.50. The molecule has 0 saturated carbocycles. The van der Waals surface area contributed by atoms with Crippen LogP contribution in [0.5, 0.6) is 11.5 Å². The maximum atomic E-state index is 5.67. The van der Waals surface area contributed by atoms with E-state index < -0.39 is 0 Å². The number of fused-ring (bicyclic) bond motifs is 1. The number of hydrazine groups is 1. The van der Waals surface area contributed by atoms with E-state index in [0.717, 1.165) is 17.1 Å². The van der Waals surface area contributed by atoms with Crippen LogP contribution in [0.3, 0.4) is 0 Å². The normalized spacial score (nSPS) is 15.2. The first-order chi connectivity index (χ1) is 8.22. The van der Waals surface area contributed by atoms with Gasteiger partial charge in [0.15, 0.2) is 11.5 Å². The topological polar surface area (TPSA) is 56.5 Å². The molecule has 4 heteroatoms. The Balaban J connectivity index is 2.40. The van der Waals surface area contributed by atoms with Gasteiger partial charge in [-0.1, -0.05) is 23.8 Å². The molecular formula is C13H18N2O2. The highest BCUT2D eigenvalue weighted by atomic mass is 16.6. The van der Waals surface area contributed by atoms with Crippen molar-refractivity contribution < 1.29 is 9.47 Å². The minimum absolute atomic E-state index is 0.0587. The molecule has 2 rings (SSSR count). The molecule has 0 aliphatic carbocycles. The molecule has 1 atom stereocenters. The van der Waals surface area contributed by atoms with Gasteiger partial charge >= 0.3 is 0 Å². The quantitative estimate of drug-likeness (QED) is 0.476. The van der Waals surface area contributed by atoms with E-state index in [-0.39, 0.29) is 6.04 Å². The first kappa shape index (κ1) is 12.0. The lowest BCUT2D eigenvalue weighted by Gasteiger charge is -2.23. The van der Waals surface area contributed by atoms with Crippen LogP contribution in [0, 0.1) is 0 Å². The van der Waals surface area contributed by atoms with Crippen LogP contribution in [0.15, 0.2) is 29.8 Å². The van der Waals surface area contributed by atoms with E-state index in [1.165, 1.54) is 5.57 Å². The van der Waals surface area contributed by atoms with Crippen molar-refractivity contribution in [3.05, 3.63) is 35.4 Å². The van der Waals surface area contributed by atoms with Crippen molar-refractivity contribution >= 4 is 0 Å². The fourth-order valence-corrected chi connectivity index (χ4v) is 1.90. The minimum atomic E-state index is -0.0587. The molecule has 0 aromatic heterocycles. The summed E-state index contributed by atoms with van der Waals surface area (Å²) in [6.07, 6.45) is 2.06. The Morgan fingerprint density at radius 3 is 2.82 bits per heavy atom.